The predicted molar refractivity (Wildman–Crippen MR) is 110 cm³/mol. The zero-order valence-corrected chi connectivity index (χ0v) is 17.7. The van der Waals surface area contributed by atoms with Crippen molar-refractivity contribution in [3.8, 4) is 17.2 Å². The zero-order chi connectivity index (χ0) is 21.2. The van der Waals surface area contributed by atoms with Crippen LogP contribution in [0.3, 0.4) is 0 Å². The summed E-state index contributed by atoms with van der Waals surface area (Å²) in [6.45, 7) is 10.9. The third-order valence-corrected chi connectivity index (χ3v) is 5.21. The fourth-order valence-electron chi connectivity index (χ4n) is 3.50. The van der Waals surface area contributed by atoms with Crippen LogP contribution in [0.5, 0.6) is 17.2 Å². The van der Waals surface area contributed by atoms with Gasteiger partial charge in [0.1, 0.15) is 28.9 Å². The van der Waals surface area contributed by atoms with E-state index in [1.54, 1.807) is 6.92 Å². The van der Waals surface area contributed by atoms with E-state index in [0.717, 1.165) is 5.57 Å². The summed E-state index contributed by atoms with van der Waals surface area (Å²) in [5.74, 6) is -0.519. The number of ether oxygens (including phenoxy) is 1. The topological polar surface area (TPSA) is 87.0 Å². The van der Waals surface area contributed by atoms with Crippen molar-refractivity contribution < 1.29 is 24.9 Å². The Balaban J connectivity index is 2.45. The highest BCUT2D eigenvalue weighted by Gasteiger charge is 2.42. The molecule has 5 nitrogen and oxygen atoms in total. The van der Waals surface area contributed by atoms with Crippen LogP contribution in [0, 0.1) is 0 Å². The van der Waals surface area contributed by atoms with Crippen LogP contribution in [-0.2, 0) is 12.8 Å². The van der Waals surface area contributed by atoms with Crippen molar-refractivity contribution in [3.63, 3.8) is 0 Å². The van der Waals surface area contributed by atoms with E-state index >= 15 is 0 Å². The molecule has 0 saturated heterocycles. The first-order valence-electron chi connectivity index (χ1n) is 9.72. The Hall–Kier alpha value is -2.27. The first-order chi connectivity index (χ1) is 13.0. The number of allylic oxidation sites excluding steroid dienone is 4. The van der Waals surface area contributed by atoms with Crippen molar-refractivity contribution in [2.45, 2.75) is 78.9 Å². The van der Waals surface area contributed by atoms with Crippen molar-refractivity contribution in [1.29, 1.82) is 0 Å². The second-order valence-corrected chi connectivity index (χ2v) is 8.39. The number of carbonyl (C=O) groups excluding carboxylic acids is 1. The minimum absolute atomic E-state index is 0.0793. The summed E-state index contributed by atoms with van der Waals surface area (Å²) in [7, 11) is 0. The number of phenols is 2. The molecule has 0 amide bonds. The molecule has 1 aromatic carbocycles. The van der Waals surface area contributed by atoms with Gasteiger partial charge < -0.3 is 20.1 Å². The van der Waals surface area contributed by atoms with Crippen molar-refractivity contribution >= 4 is 5.78 Å². The maximum Gasteiger partial charge on any atom is 0.167 e. The summed E-state index contributed by atoms with van der Waals surface area (Å²) in [6.07, 6.45) is 5.31. The number of hydrogen-bond acceptors (Lipinski definition) is 5. The molecule has 0 aliphatic carbocycles. The molecule has 3 N–H and O–H groups in total. The van der Waals surface area contributed by atoms with Crippen LogP contribution in [0.15, 0.2) is 23.3 Å². The molecular formula is C23H32O5. The summed E-state index contributed by atoms with van der Waals surface area (Å²) in [4.78, 5) is 12.0. The molecule has 28 heavy (non-hydrogen) atoms. The molecule has 0 aromatic heterocycles. The molecule has 0 bridgehead atoms. The molecule has 2 atom stereocenters. The van der Waals surface area contributed by atoms with Crippen molar-refractivity contribution in [2.24, 2.45) is 0 Å². The Labute approximate surface area is 167 Å². The highest BCUT2D eigenvalue weighted by Crippen LogP contribution is 2.48. The Morgan fingerprint density at radius 1 is 1.11 bits per heavy atom. The molecule has 1 aromatic rings. The quantitative estimate of drug-likeness (QED) is 0.469. The molecule has 2 rings (SSSR count). The van der Waals surface area contributed by atoms with E-state index in [1.165, 1.54) is 12.5 Å². The molecule has 5 heteroatoms. The summed E-state index contributed by atoms with van der Waals surface area (Å²) in [6, 6.07) is 0. The number of rotatable bonds is 7. The lowest BCUT2D eigenvalue weighted by atomic mass is 9.88. The van der Waals surface area contributed by atoms with Crippen LogP contribution < -0.4 is 4.74 Å². The average molecular weight is 389 g/mol. The highest BCUT2D eigenvalue weighted by molar-refractivity contribution is 6.01. The van der Waals surface area contributed by atoms with E-state index in [9.17, 15) is 20.1 Å². The van der Waals surface area contributed by atoms with Gasteiger partial charge in [0.2, 0.25) is 0 Å². The molecule has 0 fully saturated rings. The average Bonchev–Trinajstić information content (AvgIpc) is 3.00. The maximum absolute atomic E-state index is 12.0. The van der Waals surface area contributed by atoms with E-state index in [2.05, 4.69) is 6.08 Å². The molecule has 0 radical (unpaired) electrons. The lowest BCUT2D eigenvalue weighted by Crippen LogP contribution is -2.42. The fraction of sp³-hybridized carbons (Fsp3) is 0.522. The standard InChI is InChI=1S/C23H32O5/c1-13(2)8-7-11-23(6,27)18-12-17-21(26)19(15(5)24)20(25)16(22(17)28-18)10-9-14(3)4/h8-9,18,25-27H,7,10-12H2,1-6H3. The van der Waals surface area contributed by atoms with E-state index < -0.39 is 17.5 Å². The molecule has 1 aliphatic heterocycles. The Kier molecular flexibility index (Phi) is 6.60. The van der Waals surface area contributed by atoms with E-state index in [0.29, 0.717) is 36.1 Å². The van der Waals surface area contributed by atoms with Crippen LogP contribution in [0.2, 0.25) is 0 Å². The second kappa shape index (κ2) is 8.39. The zero-order valence-electron chi connectivity index (χ0n) is 17.7. The van der Waals surface area contributed by atoms with Gasteiger partial charge in [0.25, 0.3) is 0 Å². The van der Waals surface area contributed by atoms with Gasteiger partial charge in [0.05, 0.1) is 5.60 Å². The molecule has 2 unspecified atom stereocenters. The minimum Gasteiger partial charge on any atom is -0.507 e. The van der Waals surface area contributed by atoms with E-state index in [-0.39, 0.29) is 23.5 Å². The molecule has 154 valence electrons. The number of aliphatic hydroxyl groups is 1. The first kappa shape index (κ1) is 22.0. The van der Waals surface area contributed by atoms with Gasteiger partial charge in [-0.05, 0) is 60.8 Å². The van der Waals surface area contributed by atoms with E-state index in [1.807, 2.05) is 33.8 Å². The van der Waals surface area contributed by atoms with Gasteiger partial charge in [-0.2, -0.15) is 0 Å². The van der Waals surface area contributed by atoms with Crippen LogP contribution in [0.4, 0.5) is 0 Å². The Morgan fingerprint density at radius 3 is 2.25 bits per heavy atom. The summed E-state index contributed by atoms with van der Waals surface area (Å²) in [5, 5.41) is 32.2. The van der Waals surface area contributed by atoms with Crippen LogP contribution >= 0.6 is 0 Å². The van der Waals surface area contributed by atoms with Gasteiger partial charge in [0.15, 0.2) is 5.78 Å². The normalized spacial score (nSPS) is 17.3. The van der Waals surface area contributed by atoms with Crippen molar-refractivity contribution in [2.75, 3.05) is 0 Å². The lowest BCUT2D eigenvalue weighted by Gasteiger charge is -2.29. The van der Waals surface area contributed by atoms with Gasteiger partial charge in [-0.25, -0.2) is 0 Å². The van der Waals surface area contributed by atoms with Gasteiger partial charge in [0, 0.05) is 17.5 Å². The maximum atomic E-state index is 12.0. The third-order valence-electron chi connectivity index (χ3n) is 5.21. The molecule has 0 spiro atoms. The molecule has 1 aliphatic rings. The monoisotopic (exact) mass is 388 g/mol. The lowest BCUT2D eigenvalue weighted by molar-refractivity contribution is -0.0436. The second-order valence-electron chi connectivity index (χ2n) is 8.39. The number of fused-ring (bicyclic) bond motifs is 1. The number of hydrogen-bond donors (Lipinski definition) is 3. The SMILES string of the molecule is CC(=O)c1c(O)c(CC=C(C)C)c2c(c1O)CC(C(C)(O)CCC=C(C)C)O2. The van der Waals surface area contributed by atoms with Crippen LogP contribution in [-0.4, -0.2) is 32.8 Å². The Bertz CT molecular complexity index is 822. The number of carbonyl (C=O) groups is 1. The van der Waals surface area contributed by atoms with E-state index in [4.69, 9.17) is 4.74 Å². The minimum atomic E-state index is -1.11. The van der Waals surface area contributed by atoms with Gasteiger partial charge in [-0.15, -0.1) is 0 Å². The third kappa shape index (κ3) is 4.58. The number of aromatic hydroxyl groups is 2. The van der Waals surface area contributed by atoms with Crippen LogP contribution in [0.25, 0.3) is 0 Å². The van der Waals surface area contributed by atoms with Crippen LogP contribution in [0.1, 0.15) is 75.9 Å². The molecule has 1 heterocycles. The highest BCUT2D eigenvalue weighted by atomic mass is 16.5. The predicted octanol–water partition coefficient (Wildman–Crippen LogP) is 4.61. The summed E-state index contributed by atoms with van der Waals surface area (Å²) in [5.41, 5.74) is 2.01. The molecule has 0 saturated carbocycles. The molecular weight excluding hydrogens is 356 g/mol. The summed E-state index contributed by atoms with van der Waals surface area (Å²) >= 11 is 0. The fourth-order valence-corrected chi connectivity index (χ4v) is 3.50. The Morgan fingerprint density at radius 2 is 1.71 bits per heavy atom. The van der Waals surface area contributed by atoms with Gasteiger partial charge >= 0.3 is 0 Å². The summed E-state index contributed by atoms with van der Waals surface area (Å²) < 4.78 is 6.06. The number of Topliss-reactive ketones (excluding diaryl/α,β-unsaturated/α-hetero) is 1. The smallest absolute Gasteiger partial charge is 0.167 e. The largest absolute Gasteiger partial charge is 0.507 e. The first-order valence-corrected chi connectivity index (χ1v) is 9.72. The van der Waals surface area contributed by atoms with Crippen molar-refractivity contribution in [3.05, 3.63) is 40.0 Å². The number of benzene rings is 1. The number of ketones is 1. The number of phenolic OH excluding ortho intramolecular Hbond substituents is 2. The van der Waals surface area contributed by atoms with Gasteiger partial charge in [-0.3, -0.25) is 4.79 Å². The van der Waals surface area contributed by atoms with Crippen molar-refractivity contribution in [1.82, 2.24) is 0 Å². The van der Waals surface area contributed by atoms with Gasteiger partial charge in [-0.1, -0.05) is 23.3 Å².